The minimum absolute atomic E-state index is 0.0834. The van der Waals surface area contributed by atoms with Gasteiger partial charge in [0.05, 0.1) is 12.7 Å². The molecule has 0 fully saturated rings. The van der Waals surface area contributed by atoms with Gasteiger partial charge in [0.25, 0.3) is 10.1 Å². The first-order chi connectivity index (χ1) is 10.6. The third-order valence-corrected chi connectivity index (χ3v) is 7.10. The molecule has 0 aliphatic rings. The van der Waals surface area contributed by atoms with E-state index in [4.69, 9.17) is 13.2 Å². The molecule has 0 saturated heterocycles. The van der Waals surface area contributed by atoms with E-state index in [9.17, 15) is 13.0 Å². The zero-order chi connectivity index (χ0) is 17.7. The fourth-order valence-electron chi connectivity index (χ4n) is 1.92. The number of benzene rings is 1. The lowest BCUT2D eigenvalue weighted by Gasteiger charge is -2.20. The Kier molecular flexibility index (Phi) is 7.77. The SMILES string of the molecule is CCOP(=O)(COS(=O)(=O)c1c(C)cccc1SC)OC(C)C. The first-order valence-corrected chi connectivity index (χ1v) is 11.5. The zero-order valence-electron chi connectivity index (χ0n) is 13.9. The van der Waals surface area contributed by atoms with Gasteiger partial charge in [0.1, 0.15) is 4.90 Å². The van der Waals surface area contributed by atoms with Crippen molar-refractivity contribution >= 4 is 29.5 Å². The maximum absolute atomic E-state index is 12.5. The summed E-state index contributed by atoms with van der Waals surface area (Å²) in [5.41, 5.74) is 0.563. The van der Waals surface area contributed by atoms with Crippen LogP contribution in [0.3, 0.4) is 0 Å². The molecule has 0 spiro atoms. The lowest BCUT2D eigenvalue weighted by molar-refractivity contribution is 0.158. The quantitative estimate of drug-likeness (QED) is 0.362. The van der Waals surface area contributed by atoms with Crippen LogP contribution in [0.4, 0.5) is 0 Å². The van der Waals surface area contributed by atoms with Crippen LogP contribution in [0, 0.1) is 6.92 Å². The highest BCUT2D eigenvalue weighted by molar-refractivity contribution is 7.99. The predicted octanol–water partition coefficient (Wildman–Crippen LogP) is 4.03. The molecule has 0 amide bonds. The summed E-state index contributed by atoms with van der Waals surface area (Å²) in [5.74, 6) is 0. The van der Waals surface area contributed by atoms with Gasteiger partial charge in [-0.05, 0) is 45.6 Å². The van der Waals surface area contributed by atoms with Gasteiger partial charge >= 0.3 is 7.60 Å². The van der Waals surface area contributed by atoms with Gasteiger partial charge in [-0.25, -0.2) is 0 Å². The Morgan fingerprint density at radius 2 is 1.96 bits per heavy atom. The highest BCUT2D eigenvalue weighted by Gasteiger charge is 2.31. The van der Waals surface area contributed by atoms with E-state index in [1.54, 1.807) is 52.1 Å². The molecule has 0 heterocycles. The van der Waals surface area contributed by atoms with Gasteiger partial charge in [-0.15, -0.1) is 11.8 Å². The molecule has 0 aliphatic carbocycles. The minimum atomic E-state index is -4.07. The van der Waals surface area contributed by atoms with Crippen molar-refractivity contribution in [3.63, 3.8) is 0 Å². The summed E-state index contributed by atoms with van der Waals surface area (Å²) < 4.78 is 52.8. The maximum atomic E-state index is 12.5. The van der Waals surface area contributed by atoms with Crippen molar-refractivity contribution in [2.45, 2.75) is 43.6 Å². The molecular formula is C14H23O6PS2. The van der Waals surface area contributed by atoms with Crippen molar-refractivity contribution in [3.8, 4) is 0 Å². The fourth-order valence-corrected chi connectivity index (χ4v) is 6.23. The van der Waals surface area contributed by atoms with Gasteiger partial charge in [0, 0.05) is 4.90 Å². The second kappa shape index (κ2) is 8.65. The summed E-state index contributed by atoms with van der Waals surface area (Å²) in [7, 11) is -7.71. The smallest absolute Gasteiger partial charge is 0.307 e. The number of thioether (sulfide) groups is 1. The molecule has 0 bridgehead atoms. The maximum Gasteiger partial charge on any atom is 0.357 e. The standard InChI is InChI=1S/C14H23O6PS2/c1-6-18-21(15,20-11(2)3)10-19-23(16,17)14-12(4)8-7-9-13(14)22-5/h7-9,11H,6,10H2,1-5H3. The number of rotatable bonds is 9. The predicted molar refractivity (Wildman–Crippen MR) is 91.6 cm³/mol. The van der Waals surface area contributed by atoms with Crippen LogP contribution in [-0.2, 0) is 27.9 Å². The Hall–Kier alpha value is -0.370. The van der Waals surface area contributed by atoms with Crippen molar-refractivity contribution in [2.75, 3.05) is 19.2 Å². The van der Waals surface area contributed by atoms with E-state index in [2.05, 4.69) is 0 Å². The van der Waals surface area contributed by atoms with E-state index in [0.717, 1.165) is 0 Å². The van der Waals surface area contributed by atoms with Gasteiger partial charge in [0.15, 0.2) is 6.35 Å². The Morgan fingerprint density at radius 3 is 2.48 bits per heavy atom. The summed E-state index contributed by atoms with van der Waals surface area (Å²) in [4.78, 5) is 0.654. The first-order valence-electron chi connectivity index (χ1n) is 7.10. The van der Waals surface area contributed by atoms with Gasteiger partial charge < -0.3 is 9.05 Å². The second-order valence-corrected chi connectivity index (χ2v) is 9.34. The van der Waals surface area contributed by atoms with Gasteiger partial charge in [0.2, 0.25) is 0 Å². The summed E-state index contributed by atoms with van der Waals surface area (Å²) >= 11 is 1.30. The molecule has 1 aromatic rings. The third-order valence-electron chi connectivity index (χ3n) is 2.71. The van der Waals surface area contributed by atoms with Crippen molar-refractivity contribution < 1.29 is 26.2 Å². The molecule has 0 aromatic heterocycles. The molecular weight excluding hydrogens is 359 g/mol. The van der Waals surface area contributed by atoms with Crippen LogP contribution >= 0.6 is 19.4 Å². The minimum Gasteiger partial charge on any atom is -0.307 e. The van der Waals surface area contributed by atoms with Crippen molar-refractivity contribution in [1.82, 2.24) is 0 Å². The Balaban J connectivity index is 3.05. The Labute approximate surface area is 142 Å². The van der Waals surface area contributed by atoms with Crippen molar-refractivity contribution in [2.24, 2.45) is 0 Å². The van der Waals surface area contributed by atoms with Crippen LogP contribution in [0.2, 0.25) is 0 Å². The largest absolute Gasteiger partial charge is 0.357 e. The molecule has 0 radical (unpaired) electrons. The van der Waals surface area contributed by atoms with Crippen LogP contribution in [-0.4, -0.2) is 33.7 Å². The topological polar surface area (TPSA) is 78.9 Å². The third kappa shape index (κ3) is 5.89. The van der Waals surface area contributed by atoms with Gasteiger partial charge in [-0.2, -0.15) is 8.42 Å². The average molecular weight is 382 g/mol. The van der Waals surface area contributed by atoms with Crippen LogP contribution in [0.1, 0.15) is 26.3 Å². The van der Waals surface area contributed by atoms with Crippen LogP contribution in [0.5, 0.6) is 0 Å². The molecule has 1 rings (SSSR count). The molecule has 132 valence electrons. The summed E-state index contributed by atoms with van der Waals surface area (Å²) in [6, 6.07) is 5.15. The summed E-state index contributed by atoms with van der Waals surface area (Å²) in [5, 5.41) is 0. The van der Waals surface area contributed by atoms with Crippen LogP contribution in [0.15, 0.2) is 28.0 Å². The molecule has 9 heteroatoms. The van der Waals surface area contributed by atoms with E-state index >= 15 is 0 Å². The fraction of sp³-hybridized carbons (Fsp3) is 0.571. The zero-order valence-corrected chi connectivity index (χ0v) is 16.5. The van der Waals surface area contributed by atoms with Crippen molar-refractivity contribution in [3.05, 3.63) is 23.8 Å². The van der Waals surface area contributed by atoms with E-state index < -0.39 is 24.1 Å². The molecule has 6 nitrogen and oxygen atoms in total. The molecule has 1 unspecified atom stereocenters. The lowest BCUT2D eigenvalue weighted by atomic mass is 10.2. The monoisotopic (exact) mass is 382 g/mol. The molecule has 1 atom stereocenters. The normalized spacial score (nSPS) is 14.9. The highest BCUT2D eigenvalue weighted by atomic mass is 32.2. The summed E-state index contributed by atoms with van der Waals surface area (Å²) in [6.45, 7) is 6.84. The summed E-state index contributed by atoms with van der Waals surface area (Å²) in [6.07, 6.45) is 0.753. The van der Waals surface area contributed by atoms with E-state index in [1.807, 2.05) is 0 Å². The second-order valence-electron chi connectivity index (χ2n) is 4.99. The molecule has 23 heavy (non-hydrogen) atoms. The van der Waals surface area contributed by atoms with Crippen molar-refractivity contribution in [1.29, 1.82) is 0 Å². The molecule has 1 aromatic carbocycles. The Bertz CT molecular complexity index is 672. The van der Waals surface area contributed by atoms with Gasteiger partial charge in [-0.3, -0.25) is 8.75 Å². The number of hydrogen-bond acceptors (Lipinski definition) is 7. The lowest BCUT2D eigenvalue weighted by Crippen LogP contribution is -2.14. The molecule has 0 saturated carbocycles. The highest BCUT2D eigenvalue weighted by Crippen LogP contribution is 2.50. The molecule has 0 N–H and O–H groups in total. The first kappa shape index (κ1) is 20.7. The Morgan fingerprint density at radius 1 is 1.30 bits per heavy atom. The average Bonchev–Trinajstić information content (AvgIpc) is 2.44. The van der Waals surface area contributed by atoms with E-state index in [0.29, 0.717) is 10.5 Å². The van der Waals surface area contributed by atoms with Gasteiger partial charge in [-0.1, -0.05) is 12.1 Å². The van der Waals surface area contributed by atoms with Crippen LogP contribution in [0.25, 0.3) is 0 Å². The van der Waals surface area contributed by atoms with E-state index in [1.165, 1.54) is 11.8 Å². The van der Waals surface area contributed by atoms with E-state index in [-0.39, 0.29) is 17.6 Å². The number of hydrogen-bond donors (Lipinski definition) is 0. The van der Waals surface area contributed by atoms with Crippen LogP contribution < -0.4 is 0 Å². The number of aryl methyl sites for hydroxylation is 1. The molecule has 0 aliphatic heterocycles.